The molecule has 0 saturated heterocycles. The number of halogens is 3. The van der Waals surface area contributed by atoms with Gasteiger partial charge in [-0.15, -0.1) is 11.3 Å². The summed E-state index contributed by atoms with van der Waals surface area (Å²) >= 11 is 1.45. The molecule has 0 unspecified atom stereocenters. The summed E-state index contributed by atoms with van der Waals surface area (Å²) in [4.78, 5) is 4.73. The van der Waals surface area contributed by atoms with E-state index in [1.807, 2.05) is 37.2 Å². The molecule has 0 atom stereocenters. The highest BCUT2D eigenvalue weighted by atomic mass is 32.2. The minimum atomic E-state index is -5.74. The normalized spacial score (nSPS) is 13.1. The van der Waals surface area contributed by atoms with Crippen LogP contribution < -0.4 is 9.37 Å². The van der Waals surface area contributed by atoms with Gasteiger partial charge in [-0.25, -0.2) is 4.98 Å². The van der Waals surface area contributed by atoms with E-state index < -0.39 is 29.6 Å². The van der Waals surface area contributed by atoms with Crippen LogP contribution in [0.4, 0.5) is 13.2 Å². The Kier molecular flexibility index (Phi) is 4.61. The third-order valence-corrected chi connectivity index (χ3v) is 6.77. The van der Waals surface area contributed by atoms with E-state index in [2.05, 4.69) is 9.17 Å². The average Bonchev–Trinajstić information content (AvgIpc) is 2.90. The van der Waals surface area contributed by atoms with Gasteiger partial charge in [-0.2, -0.15) is 21.6 Å². The van der Waals surface area contributed by atoms with Gasteiger partial charge in [0.2, 0.25) is 5.88 Å². The van der Waals surface area contributed by atoms with Gasteiger partial charge >= 0.3 is 15.6 Å². The van der Waals surface area contributed by atoms with Crippen molar-refractivity contribution in [2.45, 2.75) is 25.1 Å². The quantitative estimate of drug-likeness (QED) is 0.461. The molecular weight excluding hydrogens is 367 g/mol. The molecule has 0 saturated carbocycles. The third kappa shape index (κ3) is 3.93. The number of thiophene rings is 1. The molecule has 2 aromatic rings. The molecule has 0 aromatic carbocycles. The Bertz CT molecular complexity index is 797. The number of pyridine rings is 1. The molecule has 126 valence electrons. The molecule has 10 heteroatoms. The minimum Gasteiger partial charge on any atom is -0.355 e. The number of aromatic nitrogens is 1. The molecule has 0 aliphatic heterocycles. The molecule has 2 rings (SSSR count). The zero-order chi connectivity index (χ0) is 17.5. The Labute approximate surface area is 137 Å². The SMILES string of the molecule is C[Si](C)(C)c1cc(-c2cccs2)cnc1OS(=O)(=O)C(F)(F)F. The van der Waals surface area contributed by atoms with Crippen molar-refractivity contribution in [1.82, 2.24) is 4.98 Å². The van der Waals surface area contributed by atoms with Crippen molar-refractivity contribution in [3.8, 4) is 16.3 Å². The van der Waals surface area contributed by atoms with Crippen molar-refractivity contribution in [2.75, 3.05) is 0 Å². The average molecular weight is 381 g/mol. The smallest absolute Gasteiger partial charge is 0.355 e. The second-order valence-electron chi connectivity index (χ2n) is 5.79. The first-order chi connectivity index (χ1) is 10.4. The molecule has 0 amide bonds. The van der Waals surface area contributed by atoms with Crippen LogP contribution in [0.1, 0.15) is 0 Å². The number of alkyl halides is 3. The lowest BCUT2D eigenvalue weighted by Crippen LogP contribution is -2.41. The van der Waals surface area contributed by atoms with Crippen molar-refractivity contribution < 1.29 is 25.8 Å². The van der Waals surface area contributed by atoms with Crippen molar-refractivity contribution >= 4 is 34.7 Å². The summed E-state index contributed by atoms with van der Waals surface area (Å²) in [7, 11) is -7.93. The summed E-state index contributed by atoms with van der Waals surface area (Å²) < 4.78 is 64.3. The van der Waals surface area contributed by atoms with E-state index in [9.17, 15) is 21.6 Å². The van der Waals surface area contributed by atoms with Crippen molar-refractivity contribution in [2.24, 2.45) is 0 Å². The lowest BCUT2D eigenvalue weighted by atomic mass is 10.2. The van der Waals surface area contributed by atoms with Gasteiger partial charge in [0.15, 0.2) is 0 Å². The van der Waals surface area contributed by atoms with Crippen LogP contribution in [0, 0.1) is 0 Å². The van der Waals surface area contributed by atoms with Crippen LogP contribution in [-0.4, -0.2) is 27.0 Å². The maximum atomic E-state index is 12.5. The topological polar surface area (TPSA) is 56.3 Å². The number of hydrogen-bond donors (Lipinski definition) is 0. The summed E-state index contributed by atoms with van der Waals surface area (Å²) in [6.07, 6.45) is 1.32. The molecule has 0 fully saturated rings. The van der Waals surface area contributed by atoms with E-state index in [0.717, 1.165) is 4.88 Å². The molecule has 0 N–H and O–H groups in total. The van der Waals surface area contributed by atoms with Crippen LogP contribution in [0.5, 0.6) is 5.88 Å². The highest BCUT2D eigenvalue weighted by Gasteiger charge is 2.49. The lowest BCUT2D eigenvalue weighted by Gasteiger charge is -2.20. The van der Waals surface area contributed by atoms with E-state index >= 15 is 0 Å². The van der Waals surface area contributed by atoms with Crippen LogP contribution in [0.2, 0.25) is 19.6 Å². The van der Waals surface area contributed by atoms with E-state index in [4.69, 9.17) is 0 Å². The number of nitrogens with zero attached hydrogens (tertiary/aromatic N) is 1. The zero-order valence-electron chi connectivity index (χ0n) is 12.5. The fourth-order valence-corrected chi connectivity index (χ4v) is 4.35. The number of rotatable bonds is 4. The van der Waals surface area contributed by atoms with Crippen LogP contribution in [-0.2, 0) is 10.1 Å². The Balaban J connectivity index is 2.53. The second kappa shape index (κ2) is 5.91. The van der Waals surface area contributed by atoms with Gasteiger partial charge in [0, 0.05) is 21.8 Å². The highest BCUT2D eigenvalue weighted by molar-refractivity contribution is 7.88. The molecule has 2 heterocycles. The minimum absolute atomic E-state index is 0.413. The highest BCUT2D eigenvalue weighted by Crippen LogP contribution is 2.29. The Morgan fingerprint density at radius 2 is 1.91 bits per heavy atom. The first kappa shape index (κ1) is 18.0. The predicted molar refractivity (Wildman–Crippen MR) is 86.1 cm³/mol. The molecule has 0 aliphatic carbocycles. The van der Waals surface area contributed by atoms with E-state index in [1.54, 1.807) is 6.07 Å². The fourth-order valence-electron chi connectivity index (χ4n) is 1.78. The molecule has 0 radical (unpaired) electrons. The van der Waals surface area contributed by atoms with Gasteiger partial charge in [-0.1, -0.05) is 25.7 Å². The molecule has 0 bridgehead atoms. The summed E-state index contributed by atoms with van der Waals surface area (Å²) in [6, 6.07) is 5.35. The maximum absolute atomic E-state index is 12.5. The molecule has 23 heavy (non-hydrogen) atoms. The number of hydrogen-bond acceptors (Lipinski definition) is 5. The first-order valence-corrected chi connectivity index (χ1v) is 12.3. The Morgan fingerprint density at radius 1 is 1.26 bits per heavy atom. The van der Waals surface area contributed by atoms with Crippen molar-refractivity contribution in [1.29, 1.82) is 0 Å². The summed E-state index contributed by atoms with van der Waals surface area (Å²) in [5.41, 5.74) is -4.77. The van der Waals surface area contributed by atoms with Gasteiger partial charge < -0.3 is 4.18 Å². The second-order valence-corrected chi connectivity index (χ2v) is 13.3. The summed E-state index contributed by atoms with van der Waals surface area (Å²) in [6.45, 7) is 5.61. The predicted octanol–water partition coefficient (Wildman–Crippen LogP) is 3.58. The van der Waals surface area contributed by atoms with Gasteiger partial charge in [0.05, 0.1) is 8.07 Å². The first-order valence-electron chi connectivity index (χ1n) is 6.47. The van der Waals surface area contributed by atoms with E-state index in [0.29, 0.717) is 10.8 Å². The van der Waals surface area contributed by atoms with Crippen LogP contribution >= 0.6 is 11.3 Å². The van der Waals surface area contributed by atoms with Crippen LogP contribution in [0.15, 0.2) is 29.8 Å². The zero-order valence-corrected chi connectivity index (χ0v) is 15.1. The lowest BCUT2D eigenvalue weighted by molar-refractivity contribution is -0.0501. The summed E-state index contributed by atoms with van der Waals surface area (Å²) in [5, 5.41) is 2.28. The van der Waals surface area contributed by atoms with E-state index in [1.165, 1.54) is 17.5 Å². The molecule has 0 spiro atoms. The van der Waals surface area contributed by atoms with Crippen molar-refractivity contribution in [3.05, 3.63) is 29.8 Å². The van der Waals surface area contributed by atoms with E-state index in [-0.39, 0.29) is 0 Å². The Hall–Kier alpha value is -1.39. The van der Waals surface area contributed by atoms with Gasteiger partial charge in [0.25, 0.3) is 0 Å². The van der Waals surface area contributed by atoms with Gasteiger partial charge in [-0.3, -0.25) is 0 Å². The van der Waals surface area contributed by atoms with Gasteiger partial charge in [-0.05, 0) is 17.5 Å². The van der Waals surface area contributed by atoms with Crippen LogP contribution in [0.3, 0.4) is 0 Å². The van der Waals surface area contributed by atoms with Crippen molar-refractivity contribution in [3.63, 3.8) is 0 Å². The van der Waals surface area contributed by atoms with Crippen LogP contribution in [0.25, 0.3) is 10.4 Å². The monoisotopic (exact) mass is 381 g/mol. The van der Waals surface area contributed by atoms with Gasteiger partial charge in [0.1, 0.15) is 0 Å². The molecular formula is C13H14F3NO3S2Si. The standard InChI is InChI=1S/C13H14F3NO3S2Si/c1-23(2,3)11-7-9(10-5-4-6-21-10)8-17-12(11)20-22(18,19)13(14,15)16/h4-8H,1-3H3. The summed E-state index contributed by atoms with van der Waals surface area (Å²) in [5.74, 6) is -0.498. The third-order valence-electron chi connectivity index (χ3n) is 2.94. The molecule has 0 aliphatic rings. The Morgan fingerprint density at radius 3 is 2.39 bits per heavy atom. The fraction of sp³-hybridized carbons (Fsp3) is 0.308. The molecule has 2 aromatic heterocycles. The maximum Gasteiger partial charge on any atom is 0.534 e. The molecule has 4 nitrogen and oxygen atoms in total. The largest absolute Gasteiger partial charge is 0.534 e.